The summed E-state index contributed by atoms with van der Waals surface area (Å²) in [4.78, 5) is 25.7. The number of amides is 2. The van der Waals surface area contributed by atoms with Crippen LogP contribution in [0, 0.1) is 0 Å². The Hall–Kier alpha value is -1.24. The minimum absolute atomic E-state index is 0. The smallest absolute Gasteiger partial charge is 0.225 e. The molecule has 1 unspecified atom stereocenters. The molecule has 7 heteroatoms. The average molecular weight is 384 g/mol. The molecule has 1 aliphatic heterocycles. The highest BCUT2D eigenvalue weighted by Gasteiger charge is 2.30. The second-order valence-corrected chi connectivity index (χ2v) is 7.70. The second-order valence-electron chi connectivity index (χ2n) is 6.55. The first-order valence-electron chi connectivity index (χ1n) is 8.59. The van der Waals surface area contributed by atoms with E-state index in [4.69, 9.17) is 0 Å². The topological polar surface area (TPSA) is 61.4 Å². The second kappa shape index (κ2) is 9.46. The van der Waals surface area contributed by atoms with E-state index in [9.17, 15) is 9.59 Å². The van der Waals surface area contributed by atoms with Crippen LogP contribution in [0.5, 0.6) is 0 Å². The van der Waals surface area contributed by atoms with E-state index < -0.39 is 0 Å². The lowest BCUT2D eigenvalue weighted by Gasteiger charge is -2.22. The summed E-state index contributed by atoms with van der Waals surface area (Å²) >= 11 is 1.89. The van der Waals surface area contributed by atoms with Crippen molar-refractivity contribution in [2.75, 3.05) is 23.4 Å². The standard InChI is InChI=1S/C18H25N3O2S.ClH/c1-13(22)21(17-6-7-17)11-14-2-4-15(5-3-14)20-18(23)10-16-12-24-9-8-19-16;/h2-5,16-17,19H,6-12H2,1H3,(H,20,23);1H. The molecule has 0 aromatic heterocycles. The van der Waals surface area contributed by atoms with Crippen LogP contribution < -0.4 is 10.6 Å². The number of carbonyl (C=O) groups is 2. The van der Waals surface area contributed by atoms with Crippen LogP contribution in [0.3, 0.4) is 0 Å². The number of thioether (sulfide) groups is 1. The molecular formula is C18H26ClN3O2S. The summed E-state index contributed by atoms with van der Waals surface area (Å²) < 4.78 is 0. The average Bonchev–Trinajstić information content (AvgIpc) is 3.39. The highest BCUT2D eigenvalue weighted by molar-refractivity contribution is 7.99. The molecule has 1 atom stereocenters. The van der Waals surface area contributed by atoms with Gasteiger partial charge in [0.05, 0.1) is 0 Å². The molecule has 2 aliphatic rings. The van der Waals surface area contributed by atoms with Crippen molar-refractivity contribution in [3.63, 3.8) is 0 Å². The lowest BCUT2D eigenvalue weighted by atomic mass is 10.1. The van der Waals surface area contributed by atoms with Crippen LogP contribution in [0.25, 0.3) is 0 Å². The fraction of sp³-hybridized carbons (Fsp3) is 0.556. The Morgan fingerprint density at radius 2 is 2.00 bits per heavy atom. The van der Waals surface area contributed by atoms with Crippen molar-refractivity contribution in [1.82, 2.24) is 10.2 Å². The molecule has 2 N–H and O–H groups in total. The zero-order valence-corrected chi connectivity index (χ0v) is 16.1. The third-order valence-electron chi connectivity index (χ3n) is 4.41. The van der Waals surface area contributed by atoms with Crippen LogP contribution in [0.4, 0.5) is 5.69 Å². The van der Waals surface area contributed by atoms with Crippen LogP contribution >= 0.6 is 24.2 Å². The minimum atomic E-state index is 0. The van der Waals surface area contributed by atoms with Crippen molar-refractivity contribution in [3.8, 4) is 0 Å². The van der Waals surface area contributed by atoms with Crippen molar-refractivity contribution in [2.24, 2.45) is 0 Å². The molecule has 5 nitrogen and oxygen atoms in total. The number of halogens is 1. The van der Waals surface area contributed by atoms with Crippen LogP contribution in [0.2, 0.25) is 0 Å². The van der Waals surface area contributed by atoms with Crippen molar-refractivity contribution >= 4 is 41.7 Å². The van der Waals surface area contributed by atoms with Crippen molar-refractivity contribution < 1.29 is 9.59 Å². The Labute approximate surface area is 159 Å². The number of rotatable bonds is 6. The van der Waals surface area contributed by atoms with E-state index in [1.165, 1.54) is 0 Å². The summed E-state index contributed by atoms with van der Waals surface area (Å²) in [5.74, 6) is 2.30. The fourth-order valence-corrected chi connectivity index (χ4v) is 3.91. The SMILES string of the molecule is CC(=O)N(Cc1ccc(NC(=O)CC2CSCCN2)cc1)C1CC1.Cl. The van der Waals surface area contributed by atoms with Gasteiger partial charge in [-0.25, -0.2) is 0 Å². The molecule has 1 aromatic rings. The van der Waals surface area contributed by atoms with Crippen molar-refractivity contribution in [3.05, 3.63) is 29.8 Å². The maximum Gasteiger partial charge on any atom is 0.225 e. The molecule has 1 aromatic carbocycles. The van der Waals surface area contributed by atoms with Gasteiger partial charge in [-0.2, -0.15) is 11.8 Å². The van der Waals surface area contributed by atoms with Gasteiger partial charge in [-0.15, -0.1) is 12.4 Å². The van der Waals surface area contributed by atoms with Gasteiger partial charge in [-0.3, -0.25) is 9.59 Å². The van der Waals surface area contributed by atoms with Gasteiger partial charge < -0.3 is 15.5 Å². The number of nitrogens with one attached hydrogen (secondary N) is 2. The van der Waals surface area contributed by atoms with Gasteiger partial charge >= 0.3 is 0 Å². The summed E-state index contributed by atoms with van der Waals surface area (Å²) in [5, 5.41) is 6.33. The summed E-state index contributed by atoms with van der Waals surface area (Å²) in [5.41, 5.74) is 1.91. The first-order valence-corrected chi connectivity index (χ1v) is 9.74. The minimum Gasteiger partial charge on any atom is -0.336 e. The van der Waals surface area contributed by atoms with Gasteiger partial charge in [0.15, 0.2) is 0 Å². The maximum atomic E-state index is 12.1. The molecule has 1 saturated heterocycles. The van der Waals surface area contributed by atoms with Gasteiger partial charge in [0.2, 0.25) is 11.8 Å². The number of benzene rings is 1. The molecule has 2 fully saturated rings. The summed E-state index contributed by atoms with van der Waals surface area (Å²) in [7, 11) is 0. The summed E-state index contributed by atoms with van der Waals surface area (Å²) in [6, 6.07) is 8.50. The van der Waals surface area contributed by atoms with Gasteiger partial charge in [0.25, 0.3) is 0 Å². The Morgan fingerprint density at radius 1 is 1.28 bits per heavy atom. The van der Waals surface area contributed by atoms with Gasteiger partial charge in [0.1, 0.15) is 0 Å². The molecule has 138 valence electrons. The zero-order valence-electron chi connectivity index (χ0n) is 14.5. The lowest BCUT2D eigenvalue weighted by Crippen LogP contribution is -2.39. The van der Waals surface area contributed by atoms with E-state index in [-0.39, 0.29) is 30.3 Å². The lowest BCUT2D eigenvalue weighted by molar-refractivity contribution is -0.130. The molecule has 25 heavy (non-hydrogen) atoms. The summed E-state index contributed by atoms with van der Waals surface area (Å²) in [6.07, 6.45) is 2.73. The normalized spacial score (nSPS) is 19.6. The Morgan fingerprint density at radius 3 is 2.56 bits per heavy atom. The van der Waals surface area contributed by atoms with Gasteiger partial charge in [-0.1, -0.05) is 12.1 Å². The highest BCUT2D eigenvalue weighted by Crippen LogP contribution is 2.28. The van der Waals surface area contributed by atoms with Crippen LogP contribution in [0.1, 0.15) is 31.7 Å². The van der Waals surface area contributed by atoms with E-state index in [2.05, 4.69) is 10.6 Å². The zero-order chi connectivity index (χ0) is 16.9. The maximum absolute atomic E-state index is 12.1. The predicted molar refractivity (Wildman–Crippen MR) is 105 cm³/mol. The third-order valence-corrected chi connectivity index (χ3v) is 5.54. The number of nitrogens with zero attached hydrogens (tertiary/aromatic N) is 1. The molecule has 1 heterocycles. The van der Waals surface area contributed by atoms with E-state index in [0.29, 0.717) is 19.0 Å². The highest BCUT2D eigenvalue weighted by atomic mass is 35.5. The van der Waals surface area contributed by atoms with Crippen LogP contribution in [0.15, 0.2) is 24.3 Å². The number of carbonyl (C=O) groups excluding carboxylic acids is 2. The Balaban J connectivity index is 0.00000225. The molecule has 1 saturated carbocycles. The first kappa shape index (κ1) is 20.1. The Bertz CT molecular complexity index is 586. The molecule has 2 amide bonds. The summed E-state index contributed by atoms with van der Waals surface area (Å²) in [6.45, 7) is 3.26. The quantitative estimate of drug-likeness (QED) is 0.792. The van der Waals surface area contributed by atoms with E-state index in [0.717, 1.165) is 42.1 Å². The van der Waals surface area contributed by atoms with Crippen molar-refractivity contribution in [1.29, 1.82) is 0 Å². The Kier molecular flexibility index (Phi) is 7.59. The fourth-order valence-electron chi connectivity index (χ4n) is 2.96. The van der Waals surface area contributed by atoms with E-state index >= 15 is 0 Å². The van der Waals surface area contributed by atoms with Crippen LogP contribution in [-0.2, 0) is 16.1 Å². The molecular weight excluding hydrogens is 358 g/mol. The third kappa shape index (κ3) is 6.20. The molecule has 1 aliphatic carbocycles. The monoisotopic (exact) mass is 383 g/mol. The van der Waals surface area contributed by atoms with E-state index in [1.54, 1.807) is 6.92 Å². The largest absolute Gasteiger partial charge is 0.336 e. The van der Waals surface area contributed by atoms with Gasteiger partial charge in [0, 0.05) is 55.7 Å². The molecule has 3 rings (SSSR count). The molecule has 0 spiro atoms. The van der Waals surface area contributed by atoms with Crippen LogP contribution in [-0.4, -0.2) is 46.8 Å². The predicted octanol–water partition coefficient (Wildman–Crippen LogP) is 2.65. The first-order chi connectivity index (χ1) is 11.6. The molecule has 0 radical (unpaired) electrons. The van der Waals surface area contributed by atoms with Crippen molar-refractivity contribution in [2.45, 2.75) is 44.8 Å². The molecule has 0 bridgehead atoms. The number of hydrogen-bond acceptors (Lipinski definition) is 4. The van der Waals surface area contributed by atoms with E-state index in [1.807, 2.05) is 40.9 Å². The number of anilines is 1. The number of hydrogen-bond donors (Lipinski definition) is 2. The van der Waals surface area contributed by atoms with Gasteiger partial charge in [-0.05, 0) is 30.5 Å².